The first-order valence-corrected chi connectivity index (χ1v) is 6.65. The third kappa shape index (κ3) is 3.57. The van der Waals surface area contributed by atoms with Crippen LogP contribution < -0.4 is 11.1 Å². The monoisotopic (exact) mass is 351 g/mol. The molecular weight excluding hydrogens is 341 g/mol. The largest absolute Gasteiger partial charge is 0.409 e. The van der Waals surface area contributed by atoms with Gasteiger partial charge in [-0.3, -0.25) is 4.79 Å². The molecule has 0 atom stereocenters. The fourth-order valence-corrected chi connectivity index (χ4v) is 1.90. The van der Waals surface area contributed by atoms with E-state index in [1.807, 2.05) is 0 Å². The molecule has 1 amide bonds. The summed E-state index contributed by atoms with van der Waals surface area (Å²) >= 11 is 3.02. The number of anilines is 1. The Morgan fingerprint density at radius 1 is 1.24 bits per heavy atom. The lowest BCUT2D eigenvalue weighted by atomic mass is 10.1. The van der Waals surface area contributed by atoms with Gasteiger partial charge in [0.05, 0.1) is 4.47 Å². The van der Waals surface area contributed by atoms with Crippen LogP contribution in [0.5, 0.6) is 0 Å². The Morgan fingerprint density at radius 2 is 2.00 bits per heavy atom. The van der Waals surface area contributed by atoms with Crippen molar-refractivity contribution in [3.8, 4) is 0 Å². The molecular formula is C14H11BrFN3O2. The zero-order valence-corrected chi connectivity index (χ0v) is 12.3. The highest BCUT2D eigenvalue weighted by atomic mass is 79.9. The van der Waals surface area contributed by atoms with Gasteiger partial charge in [-0.05, 0) is 46.3 Å². The molecule has 4 N–H and O–H groups in total. The molecule has 2 aromatic carbocycles. The van der Waals surface area contributed by atoms with Crippen LogP contribution in [0.2, 0.25) is 0 Å². The standard InChI is InChI=1S/C14H11BrFN3O2/c15-11-5-4-9(7-12(11)16)14(20)18-10-3-1-2-8(6-10)13(17)19-21/h1-7,21H,(H2,17,19)(H,18,20). The van der Waals surface area contributed by atoms with Crippen LogP contribution in [0.15, 0.2) is 52.1 Å². The van der Waals surface area contributed by atoms with Crippen molar-refractivity contribution in [1.29, 1.82) is 0 Å². The molecule has 0 aliphatic rings. The van der Waals surface area contributed by atoms with E-state index in [-0.39, 0.29) is 15.9 Å². The van der Waals surface area contributed by atoms with Crippen LogP contribution in [0.25, 0.3) is 0 Å². The molecule has 108 valence electrons. The molecule has 0 bridgehead atoms. The van der Waals surface area contributed by atoms with E-state index in [1.54, 1.807) is 24.3 Å². The maximum atomic E-state index is 13.4. The van der Waals surface area contributed by atoms with E-state index in [4.69, 9.17) is 10.9 Å². The minimum absolute atomic E-state index is 0.0687. The van der Waals surface area contributed by atoms with Gasteiger partial charge >= 0.3 is 0 Å². The Kier molecular flexibility index (Phi) is 4.54. The van der Waals surface area contributed by atoms with Crippen molar-refractivity contribution in [2.75, 3.05) is 5.32 Å². The van der Waals surface area contributed by atoms with Gasteiger partial charge in [0.15, 0.2) is 5.84 Å². The van der Waals surface area contributed by atoms with Crippen LogP contribution >= 0.6 is 15.9 Å². The number of oxime groups is 1. The average molecular weight is 352 g/mol. The summed E-state index contributed by atoms with van der Waals surface area (Å²) in [5, 5.41) is 14.1. The van der Waals surface area contributed by atoms with Crippen molar-refractivity contribution in [1.82, 2.24) is 0 Å². The van der Waals surface area contributed by atoms with E-state index < -0.39 is 11.7 Å². The van der Waals surface area contributed by atoms with E-state index in [1.165, 1.54) is 12.1 Å². The number of amides is 1. The van der Waals surface area contributed by atoms with Crippen LogP contribution in [0.4, 0.5) is 10.1 Å². The van der Waals surface area contributed by atoms with Crippen LogP contribution in [0, 0.1) is 5.82 Å². The Balaban J connectivity index is 2.21. The fourth-order valence-electron chi connectivity index (χ4n) is 1.65. The van der Waals surface area contributed by atoms with Gasteiger partial charge in [-0.2, -0.15) is 0 Å². The van der Waals surface area contributed by atoms with Crippen molar-refractivity contribution in [3.05, 3.63) is 63.9 Å². The zero-order valence-electron chi connectivity index (χ0n) is 10.7. The number of nitrogens with one attached hydrogen (secondary N) is 1. The minimum atomic E-state index is -0.520. The predicted molar refractivity (Wildman–Crippen MR) is 81.0 cm³/mol. The maximum absolute atomic E-state index is 13.4. The Hall–Kier alpha value is -2.41. The Labute approximate surface area is 128 Å². The number of nitrogens with zero attached hydrogens (tertiary/aromatic N) is 1. The summed E-state index contributed by atoms with van der Waals surface area (Å²) in [4.78, 5) is 12.0. The highest BCUT2D eigenvalue weighted by Gasteiger charge is 2.10. The molecule has 21 heavy (non-hydrogen) atoms. The number of carbonyl (C=O) groups is 1. The second-order valence-electron chi connectivity index (χ2n) is 4.15. The summed E-state index contributed by atoms with van der Waals surface area (Å²) < 4.78 is 13.7. The molecule has 0 spiro atoms. The molecule has 0 aliphatic carbocycles. The lowest BCUT2D eigenvalue weighted by molar-refractivity contribution is 0.102. The highest BCUT2D eigenvalue weighted by Crippen LogP contribution is 2.18. The van der Waals surface area contributed by atoms with Crippen molar-refractivity contribution in [2.45, 2.75) is 0 Å². The summed E-state index contributed by atoms with van der Waals surface area (Å²) in [6, 6.07) is 10.5. The number of nitrogens with two attached hydrogens (primary N) is 1. The first kappa shape index (κ1) is 15.0. The molecule has 0 fully saturated rings. The molecule has 2 aromatic rings. The topological polar surface area (TPSA) is 87.7 Å². The van der Waals surface area contributed by atoms with Crippen molar-refractivity contribution < 1.29 is 14.4 Å². The Morgan fingerprint density at radius 3 is 2.67 bits per heavy atom. The van der Waals surface area contributed by atoms with E-state index in [2.05, 4.69) is 26.4 Å². The molecule has 0 saturated carbocycles. The Bertz CT molecular complexity index is 719. The second kappa shape index (κ2) is 6.36. The van der Waals surface area contributed by atoms with Crippen molar-refractivity contribution >= 4 is 33.4 Å². The number of halogens is 2. The molecule has 0 aliphatic heterocycles. The quantitative estimate of drug-likeness (QED) is 0.344. The number of hydrogen-bond acceptors (Lipinski definition) is 3. The third-order valence-electron chi connectivity index (χ3n) is 2.71. The zero-order chi connectivity index (χ0) is 15.4. The van der Waals surface area contributed by atoms with Gasteiger partial charge in [-0.1, -0.05) is 17.3 Å². The van der Waals surface area contributed by atoms with E-state index in [0.29, 0.717) is 11.3 Å². The number of carbonyl (C=O) groups excluding carboxylic acids is 1. The van der Waals surface area contributed by atoms with Gasteiger partial charge in [-0.25, -0.2) is 4.39 Å². The van der Waals surface area contributed by atoms with E-state index >= 15 is 0 Å². The van der Waals surface area contributed by atoms with Gasteiger partial charge in [0.25, 0.3) is 5.91 Å². The van der Waals surface area contributed by atoms with Gasteiger partial charge in [0.1, 0.15) is 5.82 Å². The number of benzene rings is 2. The van der Waals surface area contributed by atoms with Gasteiger partial charge in [-0.15, -0.1) is 0 Å². The SMILES string of the molecule is NC(=NO)c1cccc(NC(=O)c2ccc(Br)c(F)c2)c1. The first-order chi connectivity index (χ1) is 10.0. The summed E-state index contributed by atoms with van der Waals surface area (Å²) in [5.41, 5.74) is 6.57. The summed E-state index contributed by atoms with van der Waals surface area (Å²) in [5.74, 6) is -1.05. The molecule has 7 heteroatoms. The van der Waals surface area contributed by atoms with Crippen LogP contribution in [0.1, 0.15) is 15.9 Å². The molecule has 0 saturated heterocycles. The normalized spacial score (nSPS) is 11.2. The molecule has 0 radical (unpaired) electrons. The van der Waals surface area contributed by atoms with Gasteiger partial charge in [0, 0.05) is 16.8 Å². The molecule has 0 aromatic heterocycles. The third-order valence-corrected chi connectivity index (χ3v) is 3.35. The van der Waals surface area contributed by atoms with E-state index in [0.717, 1.165) is 6.07 Å². The van der Waals surface area contributed by atoms with Crippen LogP contribution in [-0.4, -0.2) is 17.0 Å². The van der Waals surface area contributed by atoms with Gasteiger partial charge in [0.2, 0.25) is 0 Å². The molecule has 5 nitrogen and oxygen atoms in total. The average Bonchev–Trinajstić information content (AvgIpc) is 2.49. The van der Waals surface area contributed by atoms with Crippen LogP contribution in [0.3, 0.4) is 0 Å². The first-order valence-electron chi connectivity index (χ1n) is 5.85. The van der Waals surface area contributed by atoms with Gasteiger partial charge < -0.3 is 16.3 Å². The summed E-state index contributed by atoms with van der Waals surface area (Å²) in [7, 11) is 0. The van der Waals surface area contributed by atoms with Crippen molar-refractivity contribution in [3.63, 3.8) is 0 Å². The highest BCUT2D eigenvalue weighted by molar-refractivity contribution is 9.10. The number of rotatable bonds is 3. The van der Waals surface area contributed by atoms with Crippen molar-refractivity contribution in [2.24, 2.45) is 10.9 Å². The number of hydrogen-bond donors (Lipinski definition) is 3. The lowest BCUT2D eigenvalue weighted by Gasteiger charge is -2.07. The lowest BCUT2D eigenvalue weighted by Crippen LogP contribution is -2.15. The summed E-state index contributed by atoms with van der Waals surface area (Å²) in [6.07, 6.45) is 0. The fraction of sp³-hybridized carbons (Fsp3) is 0. The smallest absolute Gasteiger partial charge is 0.255 e. The minimum Gasteiger partial charge on any atom is -0.409 e. The maximum Gasteiger partial charge on any atom is 0.255 e. The predicted octanol–water partition coefficient (Wildman–Crippen LogP) is 2.94. The molecule has 2 rings (SSSR count). The van der Waals surface area contributed by atoms with E-state index in [9.17, 15) is 9.18 Å². The molecule has 0 heterocycles. The van der Waals surface area contributed by atoms with Crippen LogP contribution in [-0.2, 0) is 0 Å². The molecule has 0 unspecified atom stereocenters. The second-order valence-corrected chi connectivity index (χ2v) is 5.00. The summed E-state index contributed by atoms with van der Waals surface area (Å²) in [6.45, 7) is 0. The number of amidine groups is 1.